The molecule has 2 rings (SSSR count). The van der Waals surface area contributed by atoms with E-state index in [1.807, 2.05) is 11.9 Å². The fraction of sp³-hybridized carbons (Fsp3) is 0.833. The van der Waals surface area contributed by atoms with Crippen molar-refractivity contribution < 1.29 is 14.7 Å². The number of carboxylic acid groups (broad SMARTS) is 1. The maximum absolute atomic E-state index is 12.0. The lowest BCUT2D eigenvalue weighted by Gasteiger charge is -2.45. The molecule has 2 fully saturated rings. The molecule has 2 aliphatic rings. The van der Waals surface area contributed by atoms with Gasteiger partial charge in [0.05, 0.1) is 5.92 Å². The van der Waals surface area contributed by atoms with Crippen LogP contribution in [0.15, 0.2) is 0 Å². The maximum atomic E-state index is 12.0. The minimum atomic E-state index is -0.769. The third-order valence-electron chi connectivity index (χ3n) is 4.20. The molecule has 0 spiro atoms. The van der Waals surface area contributed by atoms with E-state index in [-0.39, 0.29) is 17.9 Å². The molecule has 0 radical (unpaired) electrons. The van der Waals surface area contributed by atoms with Crippen molar-refractivity contribution in [1.29, 1.82) is 0 Å². The van der Waals surface area contributed by atoms with Gasteiger partial charge in [0.1, 0.15) is 0 Å². The van der Waals surface area contributed by atoms with Gasteiger partial charge in [0.15, 0.2) is 0 Å². The normalized spacial score (nSPS) is 22.6. The highest BCUT2D eigenvalue weighted by Gasteiger charge is 2.39. The van der Waals surface area contributed by atoms with Crippen LogP contribution in [0, 0.1) is 11.8 Å². The van der Waals surface area contributed by atoms with E-state index in [0.29, 0.717) is 19.1 Å². The van der Waals surface area contributed by atoms with E-state index in [0.717, 1.165) is 12.8 Å². The first-order chi connectivity index (χ1) is 8.00. The van der Waals surface area contributed by atoms with Gasteiger partial charge < -0.3 is 14.9 Å². The summed E-state index contributed by atoms with van der Waals surface area (Å²) in [7, 11) is 1.85. The second kappa shape index (κ2) is 4.55. The second-order valence-corrected chi connectivity index (χ2v) is 5.27. The Hall–Kier alpha value is -1.26. The summed E-state index contributed by atoms with van der Waals surface area (Å²) in [4.78, 5) is 26.4. The highest BCUT2D eigenvalue weighted by molar-refractivity contribution is 5.76. The lowest BCUT2D eigenvalue weighted by molar-refractivity contribution is -0.145. The van der Waals surface area contributed by atoms with Gasteiger partial charge in [0, 0.05) is 32.1 Å². The zero-order valence-corrected chi connectivity index (χ0v) is 10.4. The molecule has 1 unspecified atom stereocenters. The molecule has 0 aromatic rings. The van der Waals surface area contributed by atoms with Crippen molar-refractivity contribution in [3.8, 4) is 0 Å². The Labute approximate surface area is 101 Å². The van der Waals surface area contributed by atoms with Crippen molar-refractivity contribution in [2.45, 2.75) is 32.2 Å². The van der Waals surface area contributed by atoms with E-state index in [2.05, 4.69) is 0 Å². The van der Waals surface area contributed by atoms with E-state index >= 15 is 0 Å². The van der Waals surface area contributed by atoms with Gasteiger partial charge in [-0.2, -0.15) is 0 Å². The van der Waals surface area contributed by atoms with Gasteiger partial charge in [0.25, 0.3) is 0 Å². The van der Waals surface area contributed by atoms with Crippen LogP contribution in [0.4, 0.5) is 4.79 Å². The largest absolute Gasteiger partial charge is 0.481 e. The summed E-state index contributed by atoms with van der Waals surface area (Å²) < 4.78 is 0. The Morgan fingerprint density at radius 1 is 1.35 bits per heavy atom. The Morgan fingerprint density at radius 3 is 2.35 bits per heavy atom. The minimum absolute atomic E-state index is 0.0588. The molecule has 1 saturated heterocycles. The van der Waals surface area contributed by atoms with Crippen molar-refractivity contribution in [1.82, 2.24) is 9.80 Å². The fourth-order valence-corrected chi connectivity index (χ4v) is 2.34. The molecule has 96 valence electrons. The molecule has 1 heterocycles. The van der Waals surface area contributed by atoms with Crippen LogP contribution in [0.25, 0.3) is 0 Å². The molecule has 1 N–H and O–H groups in total. The zero-order chi connectivity index (χ0) is 12.6. The predicted molar refractivity (Wildman–Crippen MR) is 62.7 cm³/mol. The van der Waals surface area contributed by atoms with Crippen LogP contribution in [-0.2, 0) is 4.79 Å². The fourth-order valence-electron chi connectivity index (χ4n) is 2.34. The first-order valence-electron chi connectivity index (χ1n) is 6.25. The molecule has 1 aliphatic carbocycles. The van der Waals surface area contributed by atoms with Crippen LogP contribution in [0.5, 0.6) is 0 Å². The molecule has 2 amide bonds. The van der Waals surface area contributed by atoms with Crippen LogP contribution >= 0.6 is 0 Å². The van der Waals surface area contributed by atoms with E-state index in [4.69, 9.17) is 5.11 Å². The predicted octanol–water partition coefficient (Wildman–Crippen LogP) is 1.24. The lowest BCUT2D eigenvalue weighted by Crippen LogP contribution is -2.58. The molecule has 5 heteroatoms. The third-order valence-corrected chi connectivity index (χ3v) is 4.20. The Morgan fingerprint density at radius 2 is 1.94 bits per heavy atom. The number of rotatable bonds is 3. The molecule has 1 atom stereocenters. The number of nitrogens with zero attached hydrogens (tertiary/aromatic N) is 2. The van der Waals surface area contributed by atoms with Crippen molar-refractivity contribution in [3.05, 3.63) is 0 Å². The van der Waals surface area contributed by atoms with Crippen LogP contribution in [0.2, 0.25) is 0 Å². The van der Waals surface area contributed by atoms with Gasteiger partial charge >= 0.3 is 12.0 Å². The Bertz CT molecular complexity index is 322. The number of carbonyl (C=O) groups is 2. The highest BCUT2D eigenvalue weighted by Crippen LogP contribution is 2.28. The number of aliphatic carboxylic acids is 1. The number of hydrogen-bond donors (Lipinski definition) is 1. The van der Waals surface area contributed by atoms with Gasteiger partial charge in [-0.25, -0.2) is 4.79 Å². The lowest BCUT2D eigenvalue weighted by atomic mass is 9.87. The second-order valence-electron chi connectivity index (χ2n) is 5.27. The standard InChI is InChI=1S/C12H20N2O3/c1-8(11(15)16)9-6-14(7-9)12(17)13(2)10-4-3-5-10/h8-10H,3-7H2,1-2H3,(H,15,16). The van der Waals surface area contributed by atoms with Crippen molar-refractivity contribution in [2.24, 2.45) is 11.8 Å². The summed E-state index contributed by atoms with van der Waals surface area (Å²) >= 11 is 0. The van der Waals surface area contributed by atoms with Crippen LogP contribution in [0.1, 0.15) is 26.2 Å². The molecular weight excluding hydrogens is 220 g/mol. The quantitative estimate of drug-likeness (QED) is 0.807. The summed E-state index contributed by atoms with van der Waals surface area (Å²) in [5, 5.41) is 8.87. The average molecular weight is 240 g/mol. The molecule has 0 aromatic carbocycles. The topological polar surface area (TPSA) is 60.9 Å². The smallest absolute Gasteiger partial charge is 0.320 e. The van der Waals surface area contributed by atoms with Crippen LogP contribution < -0.4 is 0 Å². The van der Waals surface area contributed by atoms with Crippen LogP contribution in [-0.4, -0.2) is 53.1 Å². The minimum Gasteiger partial charge on any atom is -0.481 e. The molecule has 0 aromatic heterocycles. The van der Waals surface area contributed by atoms with Gasteiger partial charge in [-0.1, -0.05) is 6.92 Å². The van der Waals surface area contributed by atoms with Gasteiger partial charge in [-0.05, 0) is 19.3 Å². The summed E-state index contributed by atoms with van der Waals surface area (Å²) in [5.74, 6) is -1.01. The van der Waals surface area contributed by atoms with Gasteiger partial charge in [0.2, 0.25) is 0 Å². The summed E-state index contributed by atoms with van der Waals surface area (Å²) in [6.07, 6.45) is 3.41. The number of carboxylic acids is 1. The summed E-state index contributed by atoms with van der Waals surface area (Å²) in [6, 6.07) is 0.460. The first-order valence-corrected chi connectivity index (χ1v) is 6.25. The summed E-state index contributed by atoms with van der Waals surface area (Å²) in [6.45, 7) is 2.89. The van der Waals surface area contributed by atoms with E-state index in [9.17, 15) is 9.59 Å². The Kier molecular flexibility index (Phi) is 3.26. The highest BCUT2D eigenvalue weighted by atomic mass is 16.4. The Balaban J connectivity index is 1.78. The number of likely N-dealkylation sites (tertiary alicyclic amines) is 1. The molecule has 5 nitrogen and oxygen atoms in total. The van der Waals surface area contributed by atoms with Crippen LogP contribution in [0.3, 0.4) is 0 Å². The molecule has 1 aliphatic heterocycles. The van der Waals surface area contributed by atoms with E-state index < -0.39 is 5.97 Å². The van der Waals surface area contributed by atoms with Crippen molar-refractivity contribution >= 4 is 12.0 Å². The van der Waals surface area contributed by atoms with Crippen molar-refractivity contribution in [2.75, 3.05) is 20.1 Å². The first kappa shape index (κ1) is 12.2. The van der Waals surface area contributed by atoms with Crippen molar-refractivity contribution in [3.63, 3.8) is 0 Å². The molecule has 0 bridgehead atoms. The number of hydrogen-bond acceptors (Lipinski definition) is 2. The average Bonchev–Trinajstić information content (AvgIpc) is 2.11. The number of carbonyl (C=O) groups excluding carboxylic acids is 1. The number of urea groups is 1. The molecule has 17 heavy (non-hydrogen) atoms. The van der Waals surface area contributed by atoms with Gasteiger partial charge in [-0.15, -0.1) is 0 Å². The molecular formula is C12H20N2O3. The SMILES string of the molecule is CC(C(=O)O)C1CN(C(=O)N(C)C2CCC2)C1. The zero-order valence-electron chi connectivity index (χ0n) is 10.4. The summed E-state index contributed by atoms with van der Waals surface area (Å²) in [5.41, 5.74) is 0. The molecule has 1 saturated carbocycles. The third kappa shape index (κ3) is 2.23. The monoisotopic (exact) mass is 240 g/mol. The van der Waals surface area contributed by atoms with Gasteiger partial charge in [-0.3, -0.25) is 4.79 Å². The van der Waals surface area contributed by atoms with E-state index in [1.54, 1.807) is 11.8 Å². The number of amides is 2. The van der Waals surface area contributed by atoms with E-state index in [1.165, 1.54) is 6.42 Å². The maximum Gasteiger partial charge on any atom is 0.320 e.